The van der Waals surface area contributed by atoms with Crippen LogP contribution in [0.1, 0.15) is 36.1 Å². The predicted octanol–water partition coefficient (Wildman–Crippen LogP) is 3.38. The van der Waals surface area contributed by atoms with Gasteiger partial charge in [0.15, 0.2) is 5.16 Å². The van der Waals surface area contributed by atoms with E-state index < -0.39 is 0 Å². The molecule has 2 heterocycles. The lowest BCUT2D eigenvalue weighted by Crippen LogP contribution is -2.25. The number of fused-ring (bicyclic) bond motifs is 3. The van der Waals surface area contributed by atoms with Gasteiger partial charge in [-0.25, -0.2) is 4.98 Å². The smallest absolute Gasteiger partial charge is 0.263 e. The maximum atomic E-state index is 13.1. The van der Waals surface area contributed by atoms with Gasteiger partial charge < -0.3 is 4.74 Å². The number of thiophene rings is 1. The molecule has 2 aromatic rings. The average Bonchev–Trinajstić information content (AvgIpc) is 2.96. The first kappa shape index (κ1) is 17.5. The monoisotopic (exact) mass is 363 g/mol. The Balaban J connectivity index is 2.01. The summed E-state index contributed by atoms with van der Waals surface area (Å²) in [5, 5.41) is 10.2. The van der Waals surface area contributed by atoms with Gasteiger partial charge in [-0.15, -0.1) is 11.3 Å². The van der Waals surface area contributed by atoms with Gasteiger partial charge in [0.25, 0.3) is 5.56 Å². The van der Waals surface area contributed by atoms with E-state index in [1.807, 2.05) is 0 Å². The zero-order chi connectivity index (χ0) is 16.9. The molecule has 1 aliphatic carbocycles. The van der Waals surface area contributed by atoms with Gasteiger partial charge in [0, 0.05) is 24.2 Å². The van der Waals surface area contributed by atoms with Gasteiger partial charge in [-0.1, -0.05) is 11.8 Å². The van der Waals surface area contributed by atoms with E-state index in [4.69, 9.17) is 15.0 Å². The largest absolute Gasteiger partial charge is 0.383 e. The number of ether oxygens (including phenoxy) is 1. The van der Waals surface area contributed by atoms with Crippen LogP contribution in [0.4, 0.5) is 0 Å². The fraction of sp³-hybridized carbons (Fsp3) is 0.588. The van der Waals surface area contributed by atoms with Crippen molar-refractivity contribution >= 4 is 33.3 Å². The van der Waals surface area contributed by atoms with Crippen molar-refractivity contribution in [3.63, 3.8) is 0 Å². The number of rotatable bonds is 7. The predicted molar refractivity (Wildman–Crippen MR) is 98.0 cm³/mol. The lowest BCUT2D eigenvalue weighted by Gasteiger charge is -2.13. The van der Waals surface area contributed by atoms with Crippen molar-refractivity contribution < 1.29 is 4.74 Å². The Bertz CT molecular complexity index is 820. The van der Waals surface area contributed by atoms with E-state index in [-0.39, 0.29) is 5.56 Å². The van der Waals surface area contributed by atoms with Crippen molar-refractivity contribution in [3.8, 4) is 6.07 Å². The van der Waals surface area contributed by atoms with Crippen molar-refractivity contribution in [1.29, 1.82) is 5.26 Å². The normalized spacial score (nSPS) is 13.8. The highest BCUT2D eigenvalue weighted by molar-refractivity contribution is 7.99. The Morgan fingerprint density at radius 2 is 2.25 bits per heavy atom. The number of nitriles is 1. The molecule has 0 aromatic carbocycles. The first-order valence-corrected chi connectivity index (χ1v) is 10.1. The van der Waals surface area contributed by atoms with Crippen LogP contribution in [0.2, 0.25) is 0 Å². The fourth-order valence-corrected chi connectivity index (χ4v) is 5.29. The molecule has 0 spiro atoms. The Hall–Kier alpha value is -1.36. The second-order valence-electron chi connectivity index (χ2n) is 5.85. The van der Waals surface area contributed by atoms with Crippen LogP contribution in [0.5, 0.6) is 0 Å². The number of aryl methyl sites for hydroxylation is 2. The van der Waals surface area contributed by atoms with Gasteiger partial charge in [-0.05, 0) is 37.7 Å². The van der Waals surface area contributed by atoms with Crippen molar-refractivity contribution in [2.75, 3.05) is 19.5 Å². The van der Waals surface area contributed by atoms with E-state index in [2.05, 4.69) is 6.07 Å². The molecule has 7 heteroatoms. The minimum atomic E-state index is 0.0687. The van der Waals surface area contributed by atoms with E-state index in [9.17, 15) is 4.79 Å². The Morgan fingerprint density at radius 1 is 1.42 bits per heavy atom. The summed E-state index contributed by atoms with van der Waals surface area (Å²) >= 11 is 3.25. The highest BCUT2D eigenvalue weighted by Crippen LogP contribution is 2.34. The molecular formula is C17H21N3O2S2. The van der Waals surface area contributed by atoms with Crippen LogP contribution >= 0.6 is 23.1 Å². The van der Waals surface area contributed by atoms with Crippen molar-refractivity contribution in [1.82, 2.24) is 9.55 Å². The summed E-state index contributed by atoms with van der Waals surface area (Å²) in [4.78, 5) is 20.1. The van der Waals surface area contributed by atoms with Crippen LogP contribution in [0, 0.1) is 11.3 Å². The number of unbranched alkanes of at least 4 members (excludes halogenated alkanes) is 1. The number of hydrogen-bond donors (Lipinski definition) is 0. The number of hydrogen-bond acceptors (Lipinski definition) is 6. The van der Waals surface area contributed by atoms with Crippen LogP contribution < -0.4 is 5.56 Å². The van der Waals surface area contributed by atoms with Gasteiger partial charge in [0.1, 0.15) is 4.83 Å². The summed E-state index contributed by atoms with van der Waals surface area (Å²) in [7, 11) is 1.64. The minimum Gasteiger partial charge on any atom is -0.383 e. The van der Waals surface area contributed by atoms with Crippen LogP contribution in [-0.2, 0) is 24.1 Å². The molecule has 3 rings (SSSR count). The van der Waals surface area contributed by atoms with Gasteiger partial charge in [0.05, 0.1) is 24.6 Å². The summed E-state index contributed by atoms with van der Waals surface area (Å²) in [6, 6.07) is 2.16. The number of nitrogens with zero attached hydrogens (tertiary/aromatic N) is 3. The maximum absolute atomic E-state index is 13.1. The number of methoxy groups -OCH3 is 1. The third kappa shape index (κ3) is 3.51. The van der Waals surface area contributed by atoms with E-state index in [0.29, 0.717) is 19.6 Å². The van der Waals surface area contributed by atoms with Crippen LogP contribution in [0.3, 0.4) is 0 Å². The molecule has 0 amide bonds. The summed E-state index contributed by atoms with van der Waals surface area (Å²) in [5.41, 5.74) is 1.30. The second kappa shape index (κ2) is 8.15. The molecule has 24 heavy (non-hydrogen) atoms. The molecule has 0 fully saturated rings. The highest BCUT2D eigenvalue weighted by Gasteiger charge is 2.22. The Labute approximate surface area is 149 Å². The first-order valence-electron chi connectivity index (χ1n) is 8.30. The molecule has 0 N–H and O–H groups in total. The molecule has 0 saturated heterocycles. The molecule has 1 aliphatic rings. The van der Waals surface area contributed by atoms with Gasteiger partial charge in [0.2, 0.25) is 0 Å². The van der Waals surface area contributed by atoms with E-state index in [1.54, 1.807) is 34.8 Å². The lowest BCUT2D eigenvalue weighted by molar-refractivity contribution is 0.183. The SMILES string of the molecule is COCCn1c(SCCCC#N)nc2sc3c(c2c1=O)CCCC3. The van der Waals surface area contributed by atoms with E-state index in [1.165, 1.54) is 16.9 Å². The molecule has 128 valence electrons. The van der Waals surface area contributed by atoms with Crippen molar-refractivity contribution in [3.05, 3.63) is 20.8 Å². The quantitative estimate of drug-likeness (QED) is 0.428. The van der Waals surface area contributed by atoms with Gasteiger partial charge in [-0.3, -0.25) is 9.36 Å². The molecule has 2 aromatic heterocycles. The molecular weight excluding hydrogens is 342 g/mol. The highest BCUT2D eigenvalue weighted by atomic mass is 32.2. The van der Waals surface area contributed by atoms with Gasteiger partial charge >= 0.3 is 0 Å². The zero-order valence-electron chi connectivity index (χ0n) is 13.8. The molecule has 0 bridgehead atoms. The van der Waals surface area contributed by atoms with Gasteiger partial charge in [-0.2, -0.15) is 5.26 Å². The molecule has 0 saturated carbocycles. The van der Waals surface area contributed by atoms with Crippen LogP contribution in [0.15, 0.2) is 9.95 Å². The summed E-state index contributed by atoms with van der Waals surface area (Å²) in [6.07, 6.45) is 5.75. The summed E-state index contributed by atoms with van der Waals surface area (Å²) < 4.78 is 6.92. The first-order chi connectivity index (χ1) is 11.8. The Morgan fingerprint density at radius 3 is 3.04 bits per heavy atom. The topological polar surface area (TPSA) is 67.9 Å². The zero-order valence-corrected chi connectivity index (χ0v) is 15.5. The van der Waals surface area contributed by atoms with E-state index in [0.717, 1.165) is 46.8 Å². The fourth-order valence-electron chi connectivity index (χ4n) is 3.02. The standard InChI is InChI=1S/C17H21N3O2S2/c1-22-10-9-20-16(21)14-12-6-2-3-7-13(12)24-15(14)19-17(20)23-11-5-4-8-18/h2-7,9-11H2,1H3. The third-order valence-electron chi connectivity index (χ3n) is 4.22. The number of thioether (sulfide) groups is 1. The van der Waals surface area contributed by atoms with Crippen LogP contribution in [0.25, 0.3) is 10.2 Å². The Kier molecular flexibility index (Phi) is 5.93. The van der Waals surface area contributed by atoms with Crippen LogP contribution in [-0.4, -0.2) is 29.0 Å². The number of aromatic nitrogens is 2. The summed E-state index contributed by atoms with van der Waals surface area (Å²) in [6.45, 7) is 1.01. The third-order valence-corrected chi connectivity index (χ3v) is 6.47. The average molecular weight is 364 g/mol. The second-order valence-corrected chi connectivity index (χ2v) is 7.99. The molecule has 0 aliphatic heterocycles. The van der Waals surface area contributed by atoms with E-state index >= 15 is 0 Å². The molecule has 0 atom stereocenters. The van der Waals surface area contributed by atoms with Crippen molar-refractivity contribution in [2.24, 2.45) is 0 Å². The molecule has 0 unspecified atom stereocenters. The van der Waals surface area contributed by atoms with Crippen molar-refractivity contribution in [2.45, 2.75) is 50.2 Å². The maximum Gasteiger partial charge on any atom is 0.263 e. The lowest BCUT2D eigenvalue weighted by atomic mass is 9.97. The molecule has 5 nitrogen and oxygen atoms in total. The molecule has 0 radical (unpaired) electrons. The minimum absolute atomic E-state index is 0.0687. The summed E-state index contributed by atoms with van der Waals surface area (Å²) in [5.74, 6) is 0.795.